The van der Waals surface area contributed by atoms with Gasteiger partial charge in [0.15, 0.2) is 0 Å². The molecular weight excluding hydrogens is 244 g/mol. The average Bonchev–Trinajstić information content (AvgIpc) is 2.14. The first-order valence-corrected chi connectivity index (χ1v) is 5.19. The monoisotopic (exact) mass is 256 g/mol. The van der Waals surface area contributed by atoms with E-state index >= 15 is 0 Å². The van der Waals surface area contributed by atoms with Crippen LogP contribution in [0.3, 0.4) is 0 Å². The molecule has 0 spiro atoms. The number of carbonyl (C=O) groups is 1. The molecule has 14 heavy (non-hydrogen) atoms. The molecule has 0 aliphatic carbocycles. The van der Waals surface area contributed by atoms with Crippen LogP contribution in [-0.2, 0) is 0 Å². The normalized spacial score (nSPS) is 9.93. The summed E-state index contributed by atoms with van der Waals surface area (Å²) in [5.74, 6) is -0.0690. The fourth-order valence-corrected chi connectivity index (χ4v) is 1.64. The molecule has 0 atom stereocenters. The number of nitrogens with two attached hydrogens (primary N) is 1. The Balaban J connectivity index is 2.80. The second kappa shape index (κ2) is 5.12. The third-order valence-corrected chi connectivity index (χ3v) is 2.36. The van der Waals surface area contributed by atoms with Gasteiger partial charge in [0.2, 0.25) is 0 Å². The smallest absolute Gasteiger partial charge is 0.251 e. The lowest BCUT2D eigenvalue weighted by molar-refractivity contribution is 0.0954. The Morgan fingerprint density at radius 2 is 2.29 bits per heavy atom. The summed E-state index contributed by atoms with van der Waals surface area (Å²) in [5, 5.41) is 2.73. The Kier molecular flexibility index (Phi) is 4.10. The SMILES string of the molecule is Cc1cc(Br)ccc1C(=O)NCCN. The fourth-order valence-electron chi connectivity index (χ4n) is 1.16. The molecule has 0 heterocycles. The molecule has 1 aromatic rings. The number of benzene rings is 1. The zero-order chi connectivity index (χ0) is 10.6. The van der Waals surface area contributed by atoms with Crippen molar-refractivity contribution in [3.05, 3.63) is 33.8 Å². The average molecular weight is 257 g/mol. The van der Waals surface area contributed by atoms with Gasteiger partial charge < -0.3 is 11.1 Å². The zero-order valence-corrected chi connectivity index (χ0v) is 9.60. The van der Waals surface area contributed by atoms with Crippen LogP contribution in [0.25, 0.3) is 0 Å². The molecule has 1 amide bonds. The Hall–Kier alpha value is -0.870. The summed E-state index contributed by atoms with van der Waals surface area (Å²) in [6.07, 6.45) is 0. The quantitative estimate of drug-likeness (QED) is 0.861. The highest BCUT2D eigenvalue weighted by atomic mass is 79.9. The van der Waals surface area contributed by atoms with E-state index in [2.05, 4.69) is 21.2 Å². The molecule has 0 saturated heterocycles. The summed E-state index contributed by atoms with van der Waals surface area (Å²) < 4.78 is 0.977. The molecule has 1 aromatic carbocycles. The van der Waals surface area contributed by atoms with Gasteiger partial charge in [-0.15, -0.1) is 0 Å². The first-order chi connectivity index (χ1) is 6.65. The van der Waals surface area contributed by atoms with Crippen LogP contribution in [0.5, 0.6) is 0 Å². The standard InChI is InChI=1S/C10H13BrN2O/c1-7-6-8(11)2-3-9(7)10(14)13-5-4-12/h2-3,6H,4-5,12H2,1H3,(H,13,14). The summed E-state index contributed by atoms with van der Waals surface area (Å²) in [7, 11) is 0. The van der Waals surface area contributed by atoms with Crippen molar-refractivity contribution in [1.82, 2.24) is 5.32 Å². The molecule has 76 valence electrons. The molecule has 0 aliphatic rings. The van der Waals surface area contributed by atoms with Gasteiger partial charge in [0.05, 0.1) is 0 Å². The van der Waals surface area contributed by atoms with E-state index in [0.29, 0.717) is 18.7 Å². The van der Waals surface area contributed by atoms with Crippen molar-refractivity contribution < 1.29 is 4.79 Å². The first kappa shape index (κ1) is 11.2. The number of amides is 1. The van der Waals surface area contributed by atoms with Gasteiger partial charge in [-0.2, -0.15) is 0 Å². The molecule has 1 rings (SSSR count). The van der Waals surface area contributed by atoms with Crippen molar-refractivity contribution in [3.8, 4) is 0 Å². The Morgan fingerprint density at radius 1 is 1.57 bits per heavy atom. The van der Waals surface area contributed by atoms with E-state index in [-0.39, 0.29) is 5.91 Å². The van der Waals surface area contributed by atoms with Crippen molar-refractivity contribution in [3.63, 3.8) is 0 Å². The summed E-state index contributed by atoms with van der Waals surface area (Å²) in [6, 6.07) is 5.56. The van der Waals surface area contributed by atoms with Crippen LogP contribution in [-0.4, -0.2) is 19.0 Å². The fraction of sp³-hybridized carbons (Fsp3) is 0.300. The second-order valence-corrected chi connectivity index (χ2v) is 3.92. The molecule has 0 unspecified atom stereocenters. The number of hydrogen-bond acceptors (Lipinski definition) is 2. The second-order valence-electron chi connectivity index (χ2n) is 3.00. The van der Waals surface area contributed by atoms with Gasteiger partial charge in [-0.25, -0.2) is 0 Å². The Morgan fingerprint density at radius 3 is 2.86 bits per heavy atom. The molecule has 4 heteroatoms. The molecular formula is C10H13BrN2O. The van der Waals surface area contributed by atoms with E-state index in [1.54, 1.807) is 6.07 Å². The predicted molar refractivity (Wildman–Crippen MR) is 60.3 cm³/mol. The van der Waals surface area contributed by atoms with E-state index < -0.39 is 0 Å². The maximum Gasteiger partial charge on any atom is 0.251 e. The number of aryl methyl sites for hydroxylation is 1. The third kappa shape index (κ3) is 2.82. The van der Waals surface area contributed by atoms with Gasteiger partial charge in [-0.05, 0) is 30.7 Å². The highest BCUT2D eigenvalue weighted by molar-refractivity contribution is 9.10. The van der Waals surface area contributed by atoms with Gasteiger partial charge in [0.25, 0.3) is 5.91 Å². The van der Waals surface area contributed by atoms with Crippen LogP contribution in [0.1, 0.15) is 15.9 Å². The van der Waals surface area contributed by atoms with Crippen molar-refractivity contribution >= 4 is 21.8 Å². The third-order valence-electron chi connectivity index (χ3n) is 1.86. The van der Waals surface area contributed by atoms with Crippen LogP contribution in [0.2, 0.25) is 0 Å². The van der Waals surface area contributed by atoms with Gasteiger partial charge in [-0.3, -0.25) is 4.79 Å². The number of carbonyl (C=O) groups excluding carboxylic acids is 1. The van der Waals surface area contributed by atoms with Gasteiger partial charge >= 0.3 is 0 Å². The van der Waals surface area contributed by atoms with Crippen molar-refractivity contribution in [1.29, 1.82) is 0 Å². The lowest BCUT2D eigenvalue weighted by Crippen LogP contribution is -2.29. The maximum absolute atomic E-state index is 11.6. The van der Waals surface area contributed by atoms with Crippen molar-refractivity contribution in [2.24, 2.45) is 5.73 Å². The van der Waals surface area contributed by atoms with E-state index in [9.17, 15) is 4.79 Å². The van der Waals surface area contributed by atoms with Crippen molar-refractivity contribution in [2.45, 2.75) is 6.92 Å². The van der Waals surface area contributed by atoms with Crippen molar-refractivity contribution in [2.75, 3.05) is 13.1 Å². The molecule has 0 aliphatic heterocycles. The van der Waals surface area contributed by atoms with Crippen LogP contribution >= 0.6 is 15.9 Å². The molecule has 3 N–H and O–H groups in total. The maximum atomic E-state index is 11.6. The summed E-state index contributed by atoms with van der Waals surface area (Å²) in [5.41, 5.74) is 6.94. The number of hydrogen-bond donors (Lipinski definition) is 2. The zero-order valence-electron chi connectivity index (χ0n) is 8.01. The minimum atomic E-state index is -0.0690. The Labute approximate surface area is 91.8 Å². The van der Waals surface area contributed by atoms with Crippen LogP contribution < -0.4 is 11.1 Å². The molecule has 0 saturated carbocycles. The number of rotatable bonds is 3. The lowest BCUT2D eigenvalue weighted by atomic mass is 10.1. The molecule has 0 radical (unpaired) electrons. The van der Waals surface area contributed by atoms with Crippen LogP contribution in [0, 0.1) is 6.92 Å². The molecule has 3 nitrogen and oxygen atoms in total. The topological polar surface area (TPSA) is 55.1 Å². The van der Waals surface area contributed by atoms with Gasteiger partial charge in [0, 0.05) is 23.1 Å². The number of halogens is 1. The van der Waals surface area contributed by atoms with Gasteiger partial charge in [0.1, 0.15) is 0 Å². The summed E-state index contributed by atoms with van der Waals surface area (Å²) in [6.45, 7) is 2.87. The van der Waals surface area contributed by atoms with Crippen LogP contribution in [0.15, 0.2) is 22.7 Å². The minimum absolute atomic E-state index is 0.0690. The highest BCUT2D eigenvalue weighted by Crippen LogP contribution is 2.15. The van der Waals surface area contributed by atoms with E-state index in [0.717, 1.165) is 10.0 Å². The molecule has 0 bridgehead atoms. The predicted octanol–water partition coefficient (Wildman–Crippen LogP) is 1.45. The minimum Gasteiger partial charge on any atom is -0.351 e. The summed E-state index contributed by atoms with van der Waals surface area (Å²) in [4.78, 5) is 11.6. The van der Waals surface area contributed by atoms with E-state index in [1.165, 1.54) is 0 Å². The molecule has 0 aromatic heterocycles. The van der Waals surface area contributed by atoms with Crippen LogP contribution in [0.4, 0.5) is 0 Å². The lowest BCUT2D eigenvalue weighted by Gasteiger charge is -2.06. The molecule has 0 fully saturated rings. The number of nitrogens with one attached hydrogen (secondary N) is 1. The highest BCUT2D eigenvalue weighted by Gasteiger charge is 2.07. The Bertz CT molecular complexity index is 339. The first-order valence-electron chi connectivity index (χ1n) is 4.39. The largest absolute Gasteiger partial charge is 0.351 e. The summed E-state index contributed by atoms with van der Waals surface area (Å²) >= 11 is 3.35. The van der Waals surface area contributed by atoms with E-state index in [1.807, 2.05) is 19.1 Å². The van der Waals surface area contributed by atoms with Gasteiger partial charge in [-0.1, -0.05) is 15.9 Å². The van der Waals surface area contributed by atoms with E-state index in [4.69, 9.17) is 5.73 Å².